The summed E-state index contributed by atoms with van der Waals surface area (Å²) in [7, 11) is 0. The van der Waals surface area contributed by atoms with Crippen molar-refractivity contribution >= 4 is 26.8 Å². The first-order valence-electron chi connectivity index (χ1n) is 3.96. The third-order valence-electron chi connectivity index (χ3n) is 1.93. The van der Waals surface area contributed by atoms with Crippen molar-refractivity contribution in [1.29, 1.82) is 0 Å². The minimum Gasteiger partial charge on any atom is -0.322 e. The van der Waals surface area contributed by atoms with Gasteiger partial charge in [-0.3, -0.25) is 4.79 Å². The zero-order valence-electron chi connectivity index (χ0n) is 7.10. The van der Waals surface area contributed by atoms with Crippen LogP contribution in [0.3, 0.4) is 0 Å². The Morgan fingerprint density at radius 3 is 2.85 bits per heavy atom. The number of aromatic nitrogens is 1. The van der Waals surface area contributed by atoms with Crippen LogP contribution < -0.4 is 5.56 Å². The molecule has 0 saturated carbocycles. The molecule has 0 aliphatic heterocycles. The molecule has 0 radical (unpaired) electrons. The summed E-state index contributed by atoms with van der Waals surface area (Å²) in [5.74, 6) is 0. The Kier molecular flexibility index (Phi) is 1.96. The number of nitrogens with one attached hydrogen (secondary N) is 1. The van der Waals surface area contributed by atoms with Gasteiger partial charge in [0.15, 0.2) is 0 Å². The quantitative estimate of drug-likeness (QED) is 0.751. The van der Waals surface area contributed by atoms with Crippen molar-refractivity contribution in [2.24, 2.45) is 0 Å². The smallest absolute Gasteiger partial charge is 0.248 e. The SMILES string of the molecule is Cc1cc(Br)c2ccc(=O)[nH]c2c1. The first kappa shape index (κ1) is 8.51. The second-order valence-electron chi connectivity index (χ2n) is 3.03. The van der Waals surface area contributed by atoms with Gasteiger partial charge in [-0.05, 0) is 30.7 Å². The molecule has 66 valence electrons. The maximum absolute atomic E-state index is 11.0. The highest BCUT2D eigenvalue weighted by atomic mass is 79.9. The Balaban J connectivity index is 2.94. The van der Waals surface area contributed by atoms with Crippen LogP contribution in [0.25, 0.3) is 10.9 Å². The normalized spacial score (nSPS) is 10.6. The molecule has 1 aromatic heterocycles. The largest absolute Gasteiger partial charge is 0.322 e. The topological polar surface area (TPSA) is 32.9 Å². The molecule has 0 spiro atoms. The van der Waals surface area contributed by atoms with Crippen LogP contribution in [-0.2, 0) is 0 Å². The fraction of sp³-hybridized carbons (Fsp3) is 0.100. The summed E-state index contributed by atoms with van der Waals surface area (Å²) in [6.45, 7) is 2.00. The molecule has 0 atom stereocenters. The Labute approximate surface area is 83.7 Å². The molecular weight excluding hydrogens is 230 g/mol. The van der Waals surface area contributed by atoms with Crippen LogP contribution in [0.4, 0.5) is 0 Å². The van der Waals surface area contributed by atoms with E-state index in [2.05, 4.69) is 20.9 Å². The molecule has 13 heavy (non-hydrogen) atoms. The molecule has 2 rings (SSSR count). The number of hydrogen-bond acceptors (Lipinski definition) is 1. The third-order valence-corrected chi connectivity index (χ3v) is 2.59. The van der Waals surface area contributed by atoms with Crippen molar-refractivity contribution in [1.82, 2.24) is 4.98 Å². The van der Waals surface area contributed by atoms with Gasteiger partial charge in [-0.25, -0.2) is 0 Å². The number of fused-ring (bicyclic) bond motifs is 1. The average molecular weight is 238 g/mol. The number of H-pyrrole nitrogens is 1. The molecule has 1 N–H and O–H groups in total. The van der Waals surface area contributed by atoms with E-state index in [0.29, 0.717) is 0 Å². The first-order chi connectivity index (χ1) is 6.16. The van der Waals surface area contributed by atoms with E-state index in [-0.39, 0.29) is 5.56 Å². The van der Waals surface area contributed by atoms with E-state index in [1.807, 2.05) is 25.1 Å². The van der Waals surface area contributed by atoms with Crippen molar-refractivity contribution in [2.45, 2.75) is 6.92 Å². The summed E-state index contributed by atoms with van der Waals surface area (Å²) in [4.78, 5) is 13.8. The van der Waals surface area contributed by atoms with Crippen molar-refractivity contribution < 1.29 is 0 Å². The summed E-state index contributed by atoms with van der Waals surface area (Å²) >= 11 is 3.45. The Bertz CT molecular complexity index is 516. The van der Waals surface area contributed by atoms with Crippen LogP contribution in [0.1, 0.15) is 5.56 Å². The van der Waals surface area contributed by atoms with E-state index in [1.165, 1.54) is 6.07 Å². The highest BCUT2D eigenvalue weighted by Gasteiger charge is 1.99. The highest BCUT2D eigenvalue weighted by molar-refractivity contribution is 9.10. The third kappa shape index (κ3) is 1.52. The van der Waals surface area contributed by atoms with Crippen molar-refractivity contribution in [3.05, 3.63) is 44.7 Å². The van der Waals surface area contributed by atoms with E-state index in [4.69, 9.17) is 0 Å². The number of halogens is 1. The van der Waals surface area contributed by atoms with Crippen LogP contribution >= 0.6 is 15.9 Å². The number of aryl methyl sites for hydroxylation is 1. The molecule has 0 bridgehead atoms. The maximum atomic E-state index is 11.0. The van der Waals surface area contributed by atoms with Crippen LogP contribution in [0, 0.1) is 6.92 Å². The summed E-state index contributed by atoms with van der Waals surface area (Å²) in [5, 5.41) is 1.03. The average Bonchev–Trinajstić information content (AvgIpc) is 2.02. The summed E-state index contributed by atoms with van der Waals surface area (Å²) < 4.78 is 1.01. The van der Waals surface area contributed by atoms with Gasteiger partial charge in [-0.15, -0.1) is 0 Å². The Morgan fingerprint density at radius 2 is 2.08 bits per heavy atom. The minimum atomic E-state index is -0.0648. The van der Waals surface area contributed by atoms with Gasteiger partial charge in [0.05, 0.1) is 0 Å². The number of benzene rings is 1. The van der Waals surface area contributed by atoms with E-state index >= 15 is 0 Å². The fourth-order valence-corrected chi connectivity index (χ4v) is 2.07. The van der Waals surface area contributed by atoms with Gasteiger partial charge in [0.25, 0.3) is 0 Å². The van der Waals surface area contributed by atoms with Crippen LogP contribution in [-0.4, -0.2) is 4.98 Å². The molecule has 2 nitrogen and oxygen atoms in total. The van der Waals surface area contributed by atoms with Gasteiger partial charge >= 0.3 is 0 Å². The molecule has 2 aromatic rings. The monoisotopic (exact) mass is 237 g/mol. The molecule has 0 unspecified atom stereocenters. The summed E-state index contributed by atoms with van der Waals surface area (Å²) in [5.41, 5.74) is 1.94. The zero-order chi connectivity index (χ0) is 9.42. The second kappa shape index (κ2) is 3.00. The highest BCUT2D eigenvalue weighted by Crippen LogP contribution is 2.22. The van der Waals surface area contributed by atoms with Crippen LogP contribution in [0.15, 0.2) is 33.5 Å². The number of aromatic amines is 1. The van der Waals surface area contributed by atoms with Gasteiger partial charge in [0.2, 0.25) is 5.56 Å². The van der Waals surface area contributed by atoms with Crippen molar-refractivity contribution in [2.75, 3.05) is 0 Å². The summed E-state index contributed by atoms with van der Waals surface area (Å²) in [6, 6.07) is 7.34. The molecule has 0 saturated heterocycles. The van der Waals surface area contributed by atoms with Gasteiger partial charge in [0.1, 0.15) is 0 Å². The molecule has 0 fully saturated rings. The molecule has 1 aromatic carbocycles. The molecule has 0 aliphatic carbocycles. The lowest BCUT2D eigenvalue weighted by atomic mass is 10.1. The Hall–Kier alpha value is -1.09. The molecule has 0 aliphatic rings. The molecule has 1 heterocycles. The van der Waals surface area contributed by atoms with Crippen molar-refractivity contribution in [3.63, 3.8) is 0 Å². The fourth-order valence-electron chi connectivity index (χ4n) is 1.36. The Morgan fingerprint density at radius 1 is 1.31 bits per heavy atom. The van der Waals surface area contributed by atoms with Crippen LogP contribution in [0.2, 0.25) is 0 Å². The lowest BCUT2D eigenvalue weighted by Gasteiger charge is -2.01. The minimum absolute atomic E-state index is 0.0648. The van der Waals surface area contributed by atoms with Gasteiger partial charge in [-0.1, -0.05) is 15.9 Å². The number of rotatable bonds is 0. The zero-order valence-corrected chi connectivity index (χ0v) is 8.68. The molecule has 0 amide bonds. The van der Waals surface area contributed by atoms with E-state index in [9.17, 15) is 4.79 Å². The predicted molar refractivity (Wildman–Crippen MR) is 57.0 cm³/mol. The van der Waals surface area contributed by atoms with E-state index < -0.39 is 0 Å². The first-order valence-corrected chi connectivity index (χ1v) is 4.75. The predicted octanol–water partition coefficient (Wildman–Crippen LogP) is 2.60. The van der Waals surface area contributed by atoms with Gasteiger partial charge < -0.3 is 4.98 Å². The summed E-state index contributed by atoms with van der Waals surface area (Å²) in [6.07, 6.45) is 0. The number of pyridine rings is 1. The van der Waals surface area contributed by atoms with Gasteiger partial charge in [-0.2, -0.15) is 0 Å². The lowest BCUT2D eigenvalue weighted by molar-refractivity contribution is 1.29. The van der Waals surface area contributed by atoms with Gasteiger partial charge in [0, 0.05) is 21.4 Å². The number of hydrogen-bond donors (Lipinski definition) is 1. The van der Waals surface area contributed by atoms with E-state index in [1.54, 1.807) is 0 Å². The second-order valence-corrected chi connectivity index (χ2v) is 3.88. The van der Waals surface area contributed by atoms with Crippen molar-refractivity contribution in [3.8, 4) is 0 Å². The maximum Gasteiger partial charge on any atom is 0.248 e. The molecule has 3 heteroatoms. The lowest BCUT2D eigenvalue weighted by Crippen LogP contribution is -2.02. The standard InChI is InChI=1S/C10H8BrNO/c1-6-4-8(11)7-2-3-10(13)12-9(7)5-6/h2-5H,1H3,(H,12,13). The molecular formula is C10H8BrNO. The van der Waals surface area contributed by atoms with Crippen LogP contribution in [0.5, 0.6) is 0 Å². The van der Waals surface area contributed by atoms with E-state index in [0.717, 1.165) is 20.9 Å².